The van der Waals surface area contributed by atoms with Crippen molar-refractivity contribution >= 4 is 5.78 Å². The summed E-state index contributed by atoms with van der Waals surface area (Å²) in [6.07, 6.45) is 0.766. The van der Waals surface area contributed by atoms with Crippen LogP contribution in [0.1, 0.15) is 35.1 Å². The summed E-state index contributed by atoms with van der Waals surface area (Å²) in [4.78, 5) is 11.2. The van der Waals surface area contributed by atoms with Crippen LogP contribution in [0.2, 0.25) is 0 Å². The van der Waals surface area contributed by atoms with Crippen molar-refractivity contribution in [2.45, 2.75) is 39.0 Å². The van der Waals surface area contributed by atoms with E-state index < -0.39 is 5.41 Å². The van der Waals surface area contributed by atoms with Gasteiger partial charge in [-0.3, -0.25) is 4.79 Å². The minimum atomic E-state index is -0.543. The number of Topliss-reactive ketones (excluding diaryl/α,β-unsaturated/α-hetero) is 1. The molecule has 0 aliphatic heterocycles. The van der Waals surface area contributed by atoms with Crippen molar-refractivity contribution in [3.63, 3.8) is 0 Å². The van der Waals surface area contributed by atoms with Gasteiger partial charge in [-0.25, -0.2) is 0 Å². The molecule has 0 atom stereocenters. The molecule has 0 saturated heterocycles. The molecule has 2 rings (SSSR count). The van der Waals surface area contributed by atoms with Crippen LogP contribution < -0.4 is 0 Å². The third kappa shape index (κ3) is 1.44. The van der Waals surface area contributed by atoms with Gasteiger partial charge in [-0.05, 0) is 37.5 Å². The lowest BCUT2D eigenvalue weighted by Crippen LogP contribution is -2.41. The first kappa shape index (κ1) is 10.9. The fourth-order valence-corrected chi connectivity index (χ4v) is 2.87. The Bertz CT molecular complexity index is 477. The molecule has 1 saturated carbocycles. The maximum atomic E-state index is 11.2. The molecular formula is C14H15NO. The normalized spacial score (nSPS) is 17.8. The van der Waals surface area contributed by atoms with Crippen LogP contribution in [0.3, 0.4) is 0 Å². The van der Waals surface area contributed by atoms with Crippen LogP contribution in [0, 0.1) is 32.1 Å². The van der Waals surface area contributed by atoms with E-state index in [2.05, 4.69) is 25.1 Å². The number of nitrogens with zero attached hydrogens (tertiary/aromatic N) is 1. The minimum absolute atomic E-state index is 0.195. The van der Waals surface area contributed by atoms with Gasteiger partial charge in [0.15, 0.2) is 0 Å². The Morgan fingerprint density at radius 2 is 1.69 bits per heavy atom. The molecule has 1 aromatic rings. The Balaban J connectivity index is 2.57. The van der Waals surface area contributed by atoms with Crippen molar-refractivity contribution in [2.24, 2.45) is 0 Å². The fourth-order valence-electron chi connectivity index (χ4n) is 2.87. The number of hydrogen-bond acceptors (Lipinski definition) is 2. The molecule has 2 nitrogen and oxygen atoms in total. The molecule has 0 radical (unpaired) electrons. The first-order valence-corrected chi connectivity index (χ1v) is 5.50. The monoisotopic (exact) mass is 213 g/mol. The van der Waals surface area contributed by atoms with Crippen LogP contribution in [0.25, 0.3) is 0 Å². The molecule has 0 aromatic heterocycles. The van der Waals surface area contributed by atoms with Crippen molar-refractivity contribution < 1.29 is 4.79 Å². The fraction of sp³-hybridized carbons (Fsp3) is 0.429. The maximum absolute atomic E-state index is 11.2. The molecule has 0 amide bonds. The van der Waals surface area contributed by atoms with E-state index >= 15 is 0 Å². The number of hydrogen-bond donors (Lipinski definition) is 0. The van der Waals surface area contributed by atoms with E-state index in [1.807, 2.05) is 13.8 Å². The minimum Gasteiger partial charge on any atom is -0.300 e. The molecular weight excluding hydrogens is 198 g/mol. The maximum Gasteiger partial charge on any atom is 0.136 e. The second-order valence-corrected chi connectivity index (χ2v) is 4.86. The van der Waals surface area contributed by atoms with Crippen LogP contribution in [-0.4, -0.2) is 5.78 Å². The summed E-state index contributed by atoms with van der Waals surface area (Å²) in [5.41, 5.74) is 4.00. The lowest BCUT2D eigenvalue weighted by molar-refractivity contribution is -0.126. The molecule has 1 aliphatic rings. The molecule has 0 N–H and O–H groups in total. The van der Waals surface area contributed by atoms with Gasteiger partial charge in [0.05, 0.1) is 11.5 Å². The predicted molar refractivity (Wildman–Crippen MR) is 62.2 cm³/mol. The molecule has 0 unspecified atom stereocenters. The Morgan fingerprint density at radius 1 is 1.19 bits per heavy atom. The lowest BCUT2D eigenvalue weighted by atomic mass is 9.62. The number of rotatable bonds is 1. The summed E-state index contributed by atoms with van der Waals surface area (Å²) < 4.78 is 0. The predicted octanol–water partition coefficient (Wildman–Crippen LogP) is 2.74. The molecule has 0 heterocycles. The van der Waals surface area contributed by atoms with Crippen molar-refractivity contribution in [3.05, 3.63) is 34.4 Å². The summed E-state index contributed by atoms with van der Waals surface area (Å²) in [5, 5.41) is 9.32. The summed E-state index contributed by atoms with van der Waals surface area (Å²) >= 11 is 0. The Labute approximate surface area is 95.9 Å². The lowest BCUT2D eigenvalue weighted by Gasteiger charge is -2.36. The van der Waals surface area contributed by atoms with Gasteiger partial charge in [0.2, 0.25) is 0 Å². The number of ketones is 1. The molecule has 1 aliphatic carbocycles. The van der Waals surface area contributed by atoms with Gasteiger partial charge in [0.25, 0.3) is 0 Å². The number of carbonyl (C=O) groups excluding carboxylic acids is 1. The third-order valence-corrected chi connectivity index (χ3v) is 3.37. The van der Waals surface area contributed by atoms with Crippen molar-refractivity contribution in [1.82, 2.24) is 0 Å². The Morgan fingerprint density at radius 3 is 2.06 bits per heavy atom. The molecule has 82 valence electrons. The highest BCUT2D eigenvalue weighted by molar-refractivity contribution is 5.90. The number of benzene rings is 1. The number of aryl methyl sites for hydroxylation is 3. The van der Waals surface area contributed by atoms with Gasteiger partial charge in [0, 0.05) is 12.8 Å². The smallest absolute Gasteiger partial charge is 0.136 e. The summed E-state index contributed by atoms with van der Waals surface area (Å²) in [6, 6.07) is 6.52. The SMILES string of the molecule is Cc1cc(C)c(C2(C#N)CC(=O)C2)c(C)c1. The Hall–Kier alpha value is -1.62. The first-order valence-electron chi connectivity index (χ1n) is 5.50. The average molecular weight is 213 g/mol. The molecule has 16 heavy (non-hydrogen) atoms. The Kier molecular flexibility index (Phi) is 2.35. The molecule has 1 aromatic carbocycles. The van der Waals surface area contributed by atoms with Crippen LogP contribution in [0.4, 0.5) is 0 Å². The van der Waals surface area contributed by atoms with E-state index in [4.69, 9.17) is 0 Å². The van der Waals surface area contributed by atoms with E-state index in [0.29, 0.717) is 12.8 Å². The van der Waals surface area contributed by atoms with Gasteiger partial charge >= 0.3 is 0 Å². The first-order chi connectivity index (χ1) is 7.48. The zero-order valence-electron chi connectivity index (χ0n) is 9.92. The van der Waals surface area contributed by atoms with Gasteiger partial charge in [-0.15, -0.1) is 0 Å². The van der Waals surface area contributed by atoms with Crippen LogP contribution in [0.15, 0.2) is 12.1 Å². The highest BCUT2D eigenvalue weighted by Gasteiger charge is 2.46. The van der Waals surface area contributed by atoms with Gasteiger partial charge < -0.3 is 0 Å². The van der Waals surface area contributed by atoms with Crippen LogP contribution in [0.5, 0.6) is 0 Å². The second-order valence-electron chi connectivity index (χ2n) is 4.86. The second kappa shape index (κ2) is 3.45. The van der Waals surface area contributed by atoms with E-state index in [1.54, 1.807) is 0 Å². The highest BCUT2D eigenvalue weighted by Crippen LogP contribution is 2.43. The summed E-state index contributed by atoms with van der Waals surface area (Å²) in [6.45, 7) is 6.10. The molecule has 0 bridgehead atoms. The third-order valence-electron chi connectivity index (χ3n) is 3.37. The topological polar surface area (TPSA) is 40.9 Å². The van der Waals surface area contributed by atoms with Crippen molar-refractivity contribution in [1.29, 1.82) is 5.26 Å². The van der Waals surface area contributed by atoms with Gasteiger partial charge in [-0.2, -0.15) is 5.26 Å². The quantitative estimate of drug-likeness (QED) is 0.719. The molecule has 0 spiro atoms. The van der Waals surface area contributed by atoms with Crippen molar-refractivity contribution in [2.75, 3.05) is 0 Å². The molecule has 1 fully saturated rings. The summed E-state index contributed by atoms with van der Waals surface area (Å²) in [5.74, 6) is 0.195. The number of carbonyl (C=O) groups is 1. The largest absolute Gasteiger partial charge is 0.300 e. The van der Waals surface area contributed by atoms with Gasteiger partial charge in [-0.1, -0.05) is 17.7 Å². The van der Waals surface area contributed by atoms with E-state index in [-0.39, 0.29) is 5.78 Å². The van der Waals surface area contributed by atoms with Crippen molar-refractivity contribution in [3.8, 4) is 6.07 Å². The van der Waals surface area contributed by atoms with Gasteiger partial charge in [0.1, 0.15) is 5.78 Å². The van der Waals surface area contributed by atoms with E-state index in [1.165, 1.54) is 5.56 Å². The average Bonchev–Trinajstić information content (AvgIpc) is 2.12. The number of nitriles is 1. The summed E-state index contributed by atoms with van der Waals surface area (Å²) in [7, 11) is 0. The van der Waals surface area contributed by atoms with Crippen LogP contribution in [-0.2, 0) is 10.2 Å². The zero-order valence-corrected chi connectivity index (χ0v) is 9.92. The zero-order chi connectivity index (χ0) is 11.9. The van der Waals surface area contributed by atoms with E-state index in [9.17, 15) is 10.1 Å². The van der Waals surface area contributed by atoms with Crippen LogP contribution >= 0.6 is 0 Å². The highest BCUT2D eigenvalue weighted by atomic mass is 16.1. The molecule has 2 heteroatoms. The standard InChI is InChI=1S/C14H15NO/c1-9-4-10(2)13(11(3)5-9)14(8-15)6-12(16)7-14/h4-5H,6-7H2,1-3H3. The van der Waals surface area contributed by atoms with E-state index in [0.717, 1.165) is 16.7 Å².